The SMILES string of the molecule is COC(=O)CSC1=CCN([O-])C=C1. The first kappa shape index (κ1) is 10.1. The molecule has 0 aliphatic carbocycles. The minimum Gasteiger partial charge on any atom is -0.758 e. The highest BCUT2D eigenvalue weighted by molar-refractivity contribution is 8.03. The molecule has 0 unspecified atom stereocenters. The van der Waals surface area contributed by atoms with Crippen molar-refractivity contribution in [2.24, 2.45) is 0 Å². The Hall–Kier alpha value is -0.940. The normalized spacial score (nSPS) is 15.5. The van der Waals surface area contributed by atoms with E-state index in [-0.39, 0.29) is 11.7 Å². The Kier molecular flexibility index (Phi) is 3.85. The van der Waals surface area contributed by atoms with Gasteiger partial charge in [0.25, 0.3) is 0 Å². The number of ether oxygens (including phenoxy) is 1. The van der Waals surface area contributed by atoms with Gasteiger partial charge in [-0.1, -0.05) is 6.08 Å². The van der Waals surface area contributed by atoms with Gasteiger partial charge in [-0.15, -0.1) is 11.8 Å². The third-order valence-electron chi connectivity index (χ3n) is 1.46. The van der Waals surface area contributed by atoms with E-state index in [0.717, 1.165) is 9.97 Å². The first-order chi connectivity index (χ1) is 6.22. The average molecular weight is 200 g/mol. The number of hydrogen-bond acceptors (Lipinski definition) is 5. The summed E-state index contributed by atoms with van der Waals surface area (Å²) in [5.74, 6) is 0.0229. The lowest BCUT2D eigenvalue weighted by atomic mass is 10.4. The number of methoxy groups -OCH3 is 1. The monoisotopic (exact) mass is 200 g/mol. The zero-order valence-electron chi connectivity index (χ0n) is 7.23. The third-order valence-corrected chi connectivity index (χ3v) is 2.48. The molecule has 0 bridgehead atoms. The molecule has 0 aromatic heterocycles. The van der Waals surface area contributed by atoms with E-state index in [1.807, 2.05) is 0 Å². The molecule has 1 heterocycles. The summed E-state index contributed by atoms with van der Waals surface area (Å²) in [6.45, 7) is 0.347. The van der Waals surface area contributed by atoms with Gasteiger partial charge in [-0.3, -0.25) is 4.79 Å². The van der Waals surface area contributed by atoms with Crippen LogP contribution in [-0.2, 0) is 9.53 Å². The third kappa shape index (κ3) is 3.52. The second-order valence-corrected chi connectivity index (χ2v) is 3.44. The molecule has 0 aromatic rings. The van der Waals surface area contributed by atoms with Crippen LogP contribution in [0.15, 0.2) is 23.3 Å². The van der Waals surface area contributed by atoms with Gasteiger partial charge in [0.05, 0.1) is 12.9 Å². The van der Waals surface area contributed by atoms with Gasteiger partial charge in [-0.2, -0.15) is 0 Å². The second kappa shape index (κ2) is 4.94. The van der Waals surface area contributed by atoms with Gasteiger partial charge in [0.15, 0.2) is 0 Å². The predicted octanol–water partition coefficient (Wildman–Crippen LogP) is 1.10. The lowest BCUT2D eigenvalue weighted by molar-refractivity contribution is -0.137. The van der Waals surface area contributed by atoms with Crippen LogP contribution in [0.25, 0.3) is 0 Å². The Balaban J connectivity index is 2.31. The summed E-state index contributed by atoms with van der Waals surface area (Å²) >= 11 is 1.37. The molecule has 0 N–H and O–H groups in total. The standard InChI is InChI=1S/C8H10NO3S/c1-12-8(10)6-13-7-2-4-9(11)5-3-7/h2-4H,5-6H2,1H3/q-1. The Labute approximate surface area is 80.8 Å². The molecule has 13 heavy (non-hydrogen) atoms. The van der Waals surface area contributed by atoms with Gasteiger partial charge < -0.3 is 15.0 Å². The van der Waals surface area contributed by atoms with E-state index in [1.54, 1.807) is 12.2 Å². The van der Waals surface area contributed by atoms with Crippen molar-refractivity contribution in [1.29, 1.82) is 0 Å². The molecule has 0 saturated carbocycles. The number of hydroxylamine groups is 2. The molecule has 1 rings (SSSR count). The molecule has 0 saturated heterocycles. The van der Waals surface area contributed by atoms with E-state index in [9.17, 15) is 10.0 Å². The number of carbonyl (C=O) groups excluding carboxylic acids is 1. The van der Waals surface area contributed by atoms with Crippen LogP contribution < -0.4 is 0 Å². The molecule has 0 aromatic carbocycles. The largest absolute Gasteiger partial charge is 0.758 e. The van der Waals surface area contributed by atoms with Crippen molar-refractivity contribution in [2.75, 3.05) is 19.4 Å². The maximum atomic E-state index is 10.8. The van der Waals surface area contributed by atoms with Crippen LogP contribution in [0.4, 0.5) is 0 Å². The molecule has 72 valence electrons. The number of carbonyl (C=O) groups is 1. The van der Waals surface area contributed by atoms with Crippen molar-refractivity contribution < 1.29 is 9.53 Å². The van der Waals surface area contributed by atoms with E-state index >= 15 is 0 Å². The van der Waals surface area contributed by atoms with Gasteiger partial charge in [0, 0.05) is 11.4 Å². The summed E-state index contributed by atoms with van der Waals surface area (Å²) in [6.07, 6.45) is 4.91. The molecule has 0 spiro atoms. The number of allylic oxidation sites excluding steroid dienone is 1. The fourth-order valence-electron chi connectivity index (χ4n) is 0.774. The van der Waals surface area contributed by atoms with Gasteiger partial charge in [0.2, 0.25) is 0 Å². The van der Waals surface area contributed by atoms with E-state index in [2.05, 4.69) is 4.74 Å². The van der Waals surface area contributed by atoms with Crippen LogP contribution >= 0.6 is 11.8 Å². The Morgan fingerprint density at radius 1 is 1.85 bits per heavy atom. The van der Waals surface area contributed by atoms with Crippen molar-refractivity contribution in [1.82, 2.24) is 5.06 Å². The number of rotatable bonds is 3. The van der Waals surface area contributed by atoms with Crippen LogP contribution in [0, 0.1) is 5.21 Å². The fraction of sp³-hybridized carbons (Fsp3) is 0.375. The zero-order chi connectivity index (χ0) is 9.68. The summed E-state index contributed by atoms with van der Waals surface area (Å²) in [6, 6.07) is 0. The van der Waals surface area contributed by atoms with Crippen molar-refractivity contribution in [2.45, 2.75) is 0 Å². The minimum absolute atomic E-state index is 0.260. The zero-order valence-corrected chi connectivity index (χ0v) is 8.04. The molecule has 0 amide bonds. The van der Waals surface area contributed by atoms with Crippen LogP contribution in [0.3, 0.4) is 0 Å². The molecule has 0 fully saturated rings. The van der Waals surface area contributed by atoms with Crippen LogP contribution in [-0.4, -0.2) is 30.4 Å². The van der Waals surface area contributed by atoms with Crippen molar-refractivity contribution in [3.63, 3.8) is 0 Å². The second-order valence-electron chi connectivity index (χ2n) is 2.39. The van der Waals surface area contributed by atoms with E-state index in [4.69, 9.17) is 0 Å². The van der Waals surface area contributed by atoms with Gasteiger partial charge in [-0.05, 0) is 12.3 Å². The van der Waals surface area contributed by atoms with Crippen molar-refractivity contribution in [3.05, 3.63) is 28.5 Å². The summed E-state index contributed by atoms with van der Waals surface area (Å²) in [4.78, 5) is 11.7. The summed E-state index contributed by atoms with van der Waals surface area (Å²) in [5, 5.41) is 11.5. The summed E-state index contributed by atoms with van der Waals surface area (Å²) in [7, 11) is 1.35. The van der Waals surface area contributed by atoms with E-state index < -0.39 is 0 Å². The molecule has 1 aliphatic heterocycles. The fourth-order valence-corrected chi connectivity index (χ4v) is 1.53. The number of thioether (sulfide) groups is 1. The minimum atomic E-state index is -0.260. The smallest absolute Gasteiger partial charge is 0.315 e. The topological polar surface area (TPSA) is 52.6 Å². The summed E-state index contributed by atoms with van der Waals surface area (Å²) < 4.78 is 4.48. The molecule has 5 heteroatoms. The Morgan fingerprint density at radius 3 is 3.15 bits per heavy atom. The molecule has 0 radical (unpaired) electrons. The molecule has 0 atom stereocenters. The lowest BCUT2D eigenvalue weighted by Crippen LogP contribution is -2.11. The van der Waals surface area contributed by atoms with Gasteiger partial charge in [-0.25, -0.2) is 0 Å². The van der Waals surface area contributed by atoms with Crippen LogP contribution in [0.2, 0.25) is 0 Å². The maximum absolute atomic E-state index is 10.8. The van der Waals surface area contributed by atoms with E-state index in [0.29, 0.717) is 6.54 Å². The predicted molar refractivity (Wildman–Crippen MR) is 51.8 cm³/mol. The van der Waals surface area contributed by atoms with Crippen LogP contribution in [0.1, 0.15) is 0 Å². The lowest BCUT2D eigenvalue weighted by Gasteiger charge is -2.27. The van der Waals surface area contributed by atoms with Crippen molar-refractivity contribution >= 4 is 17.7 Å². The molecule has 1 aliphatic rings. The number of hydrogen-bond donors (Lipinski definition) is 0. The first-order valence-corrected chi connectivity index (χ1v) is 4.72. The quantitative estimate of drug-likeness (QED) is 0.638. The van der Waals surface area contributed by atoms with Crippen molar-refractivity contribution in [3.8, 4) is 0 Å². The number of esters is 1. The molecule has 4 nitrogen and oxygen atoms in total. The Bertz CT molecular complexity index is 250. The first-order valence-electron chi connectivity index (χ1n) is 3.74. The van der Waals surface area contributed by atoms with Crippen LogP contribution in [0.5, 0.6) is 0 Å². The van der Waals surface area contributed by atoms with Gasteiger partial charge >= 0.3 is 5.97 Å². The number of nitrogens with zero attached hydrogens (tertiary/aromatic N) is 1. The molecular formula is C8H10NO3S-. The summed E-state index contributed by atoms with van der Waals surface area (Å²) in [5.41, 5.74) is 0. The highest BCUT2D eigenvalue weighted by Crippen LogP contribution is 2.19. The Morgan fingerprint density at radius 2 is 2.62 bits per heavy atom. The van der Waals surface area contributed by atoms with E-state index in [1.165, 1.54) is 25.1 Å². The highest BCUT2D eigenvalue weighted by Gasteiger charge is 2.03. The molecular weight excluding hydrogens is 190 g/mol. The maximum Gasteiger partial charge on any atom is 0.315 e. The average Bonchev–Trinajstić information content (AvgIpc) is 2.16. The highest BCUT2D eigenvalue weighted by atomic mass is 32.2. The van der Waals surface area contributed by atoms with Gasteiger partial charge in [0.1, 0.15) is 0 Å².